The highest BCUT2D eigenvalue weighted by Gasteiger charge is 2.32. The fraction of sp³-hybridized carbons (Fsp3) is 0.750. The van der Waals surface area contributed by atoms with E-state index in [-0.39, 0.29) is 17.5 Å². The molecule has 2 atom stereocenters. The second-order valence-electron chi connectivity index (χ2n) is 7.08. The molecular weight excluding hydrogens is 282 g/mol. The first-order valence-electron chi connectivity index (χ1n) is 7.69. The van der Waals surface area contributed by atoms with Crippen LogP contribution in [0, 0.1) is 0 Å². The first-order chi connectivity index (χ1) is 10.2. The van der Waals surface area contributed by atoms with Gasteiger partial charge in [-0.05, 0) is 6.92 Å². The summed E-state index contributed by atoms with van der Waals surface area (Å²) in [6.07, 6.45) is 1.56. The van der Waals surface area contributed by atoms with Crippen LogP contribution in [0.3, 0.4) is 0 Å². The number of rotatable bonds is 3. The molecule has 1 saturated heterocycles. The number of methoxy groups -OCH3 is 1. The molecule has 1 aliphatic rings. The van der Waals surface area contributed by atoms with E-state index in [9.17, 15) is 4.79 Å². The van der Waals surface area contributed by atoms with Crippen LogP contribution < -0.4 is 0 Å². The van der Waals surface area contributed by atoms with Gasteiger partial charge in [-0.2, -0.15) is 5.10 Å². The molecule has 0 spiro atoms. The van der Waals surface area contributed by atoms with Crippen molar-refractivity contribution in [1.82, 2.24) is 14.7 Å². The van der Waals surface area contributed by atoms with Crippen LogP contribution in [0.5, 0.6) is 0 Å². The lowest BCUT2D eigenvalue weighted by Gasteiger charge is -2.35. The minimum atomic E-state index is -0.511. The van der Waals surface area contributed by atoms with Gasteiger partial charge >= 0.3 is 5.97 Å². The first kappa shape index (κ1) is 17.0. The number of aromatic nitrogens is 2. The van der Waals surface area contributed by atoms with Crippen LogP contribution in [-0.2, 0) is 33.3 Å². The van der Waals surface area contributed by atoms with Crippen molar-refractivity contribution in [3.05, 3.63) is 17.5 Å². The van der Waals surface area contributed by atoms with E-state index in [0.29, 0.717) is 6.54 Å². The van der Waals surface area contributed by atoms with Gasteiger partial charge in [0.15, 0.2) is 6.10 Å². The maximum atomic E-state index is 11.8. The summed E-state index contributed by atoms with van der Waals surface area (Å²) in [4.78, 5) is 14.0. The number of hydrogen-bond donors (Lipinski definition) is 0. The van der Waals surface area contributed by atoms with Gasteiger partial charge in [-0.3, -0.25) is 9.58 Å². The number of aryl methyl sites for hydroxylation is 1. The fourth-order valence-corrected chi connectivity index (χ4v) is 2.96. The fourth-order valence-electron chi connectivity index (χ4n) is 2.96. The van der Waals surface area contributed by atoms with Gasteiger partial charge in [0.1, 0.15) is 0 Å². The standard InChI is InChI=1S/C16H27N3O3/c1-11-7-19(10-13(22-11)15(20)21-6)9-12-8-18(5)17-14(12)16(2,3)4/h8,11,13H,7,9-10H2,1-6H3/t11-,13-/m1/s1. The number of morpholine rings is 1. The van der Waals surface area contributed by atoms with Gasteiger partial charge in [0.25, 0.3) is 0 Å². The van der Waals surface area contributed by atoms with Crippen LogP contribution in [0.25, 0.3) is 0 Å². The number of ether oxygens (including phenoxy) is 2. The molecular formula is C16H27N3O3. The number of carbonyl (C=O) groups excluding carboxylic acids is 1. The smallest absolute Gasteiger partial charge is 0.336 e. The van der Waals surface area contributed by atoms with Gasteiger partial charge in [-0.1, -0.05) is 20.8 Å². The Hall–Kier alpha value is -1.40. The Labute approximate surface area is 132 Å². The Morgan fingerprint density at radius 1 is 1.45 bits per heavy atom. The summed E-state index contributed by atoms with van der Waals surface area (Å²) in [6, 6.07) is 0. The van der Waals surface area contributed by atoms with Crippen molar-refractivity contribution in [2.75, 3.05) is 20.2 Å². The van der Waals surface area contributed by atoms with Crippen LogP contribution in [0.2, 0.25) is 0 Å². The Balaban J connectivity index is 2.15. The number of carbonyl (C=O) groups is 1. The second-order valence-corrected chi connectivity index (χ2v) is 7.08. The Morgan fingerprint density at radius 2 is 2.14 bits per heavy atom. The predicted molar refractivity (Wildman–Crippen MR) is 83.5 cm³/mol. The van der Waals surface area contributed by atoms with Gasteiger partial charge in [-0.25, -0.2) is 4.79 Å². The molecule has 6 nitrogen and oxygen atoms in total. The van der Waals surface area contributed by atoms with Crippen molar-refractivity contribution < 1.29 is 14.3 Å². The van der Waals surface area contributed by atoms with E-state index in [1.165, 1.54) is 12.7 Å². The summed E-state index contributed by atoms with van der Waals surface area (Å²) in [7, 11) is 3.34. The van der Waals surface area contributed by atoms with Crippen molar-refractivity contribution >= 4 is 5.97 Å². The normalized spacial score (nSPS) is 23.5. The summed E-state index contributed by atoms with van der Waals surface area (Å²) in [6.45, 7) is 10.6. The highest BCUT2D eigenvalue weighted by molar-refractivity contribution is 5.75. The van der Waals surface area contributed by atoms with Gasteiger partial charge in [0, 0.05) is 43.9 Å². The van der Waals surface area contributed by atoms with E-state index in [4.69, 9.17) is 9.47 Å². The molecule has 2 heterocycles. The first-order valence-corrected chi connectivity index (χ1v) is 7.69. The lowest BCUT2D eigenvalue weighted by atomic mass is 9.89. The molecule has 1 aliphatic heterocycles. The van der Waals surface area contributed by atoms with Crippen LogP contribution in [0.1, 0.15) is 39.0 Å². The van der Waals surface area contributed by atoms with Crippen LogP contribution >= 0.6 is 0 Å². The average Bonchev–Trinajstić information content (AvgIpc) is 2.78. The third kappa shape index (κ3) is 3.87. The SMILES string of the molecule is COC(=O)[C@H]1CN(Cc2cn(C)nc2C(C)(C)C)C[C@@H](C)O1. The highest BCUT2D eigenvalue weighted by Crippen LogP contribution is 2.26. The van der Waals surface area contributed by atoms with E-state index in [0.717, 1.165) is 18.8 Å². The summed E-state index contributed by atoms with van der Waals surface area (Å²) in [5, 5.41) is 4.60. The summed E-state index contributed by atoms with van der Waals surface area (Å²) < 4.78 is 12.3. The number of nitrogens with zero attached hydrogens (tertiary/aromatic N) is 3. The van der Waals surface area contributed by atoms with E-state index in [1.807, 2.05) is 18.7 Å². The largest absolute Gasteiger partial charge is 0.467 e. The van der Waals surface area contributed by atoms with Crippen LogP contribution in [-0.4, -0.2) is 53.1 Å². The minimum Gasteiger partial charge on any atom is -0.467 e. The number of hydrogen-bond acceptors (Lipinski definition) is 5. The zero-order valence-electron chi connectivity index (χ0n) is 14.4. The molecule has 2 rings (SSSR count). The van der Waals surface area contributed by atoms with Crippen LogP contribution in [0.4, 0.5) is 0 Å². The molecule has 22 heavy (non-hydrogen) atoms. The summed E-state index contributed by atoms with van der Waals surface area (Å²) >= 11 is 0. The van der Waals surface area contributed by atoms with Crippen molar-refractivity contribution in [2.24, 2.45) is 7.05 Å². The zero-order chi connectivity index (χ0) is 16.5. The van der Waals surface area contributed by atoms with E-state index in [1.54, 1.807) is 0 Å². The lowest BCUT2D eigenvalue weighted by Crippen LogP contribution is -2.49. The van der Waals surface area contributed by atoms with E-state index in [2.05, 4.69) is 37.0 Å². The van der Waals surface area contributed by atoms with Crippen molar-refractivity contribution in [3.63, 3.8) is 0 Å². The van der Waals surface area contributed by atoms with E-state index < -0.39 is 6.10 Å². The van der Waals surface area contributed by atoms with Gasteiger partial charge < -0.3 is 9.47 Å². The minimum absolute atomic E-state index is 0.00372. The van der Waals surface area contributed by atoms with Gasteiger partial charge in [0.2, 0.25) is 0 Å². The molecule has 0 aliphatic carbocycles. The second kappa shape index (κ2) is 6.38. The maximum Gasteiger partial charge on any atom is 0.336 e. The van der Waals surface area contributed by atoms with Crippen molar-refractivity contribution in [1.29, 1.82) is 0 Å². The maximum absolute atomic E-state index is 11.8. The van der Waals surface area contributed by atoms with Crippen molar-refractivity contribution in [3.8, 4) is 0 Å². The average molecular weight is 309 g/mol. The highest BCUT2D eigenvalue weighted by atomic mass is 16.6. The molecule has 0 saturated carbocycles. The molecule has 0 unspecified atom stereocenters. The van der Waals surface area contributed by atoms with Crippen molar-refractivity contribution in [2.45, 2.75) is 51.9 Å². The summed E-state index contributed by atoms with van der Waals surface area (Å²) in [5.74, 6) is -0.307. The molecule has 1 fully saturated rings. The zero-order valence-corrected chi connectivity index (χ0v) is 14.4. The summed E-state index contributed by atoms with van der Waals surface area (Å²) in [5.41, 5.74) is 2.30. The molecule has 1 aromatic rings. The number of esters is 1. The Morgan fingerprint density at radius 3 is 2.73 bits per heavy atom. The topological polar surface area (TPSA) is 56.6 Å². The molecule has 1 aromatic heterocycles. The Kier molecular flexibility index (Phi) is 4.92. The third-order valence-electron chi connectivity index (χ3n) is 3.81. The monoisotopic (exact) mass is 309 g/mol. The molecule has 0 aromatic carbocycles. The molecule has 0 amide bonds. The third-order valence-corrected chi connectivity index (χ3v) is 3.81. The molecule has 124 valence electrons. The van der Waals surface area contributed by atoms with Gasteiger partial charge in [-0.15, -0.1) is 0 Å². The lowest BCUT2D eigenvalue weighted by molar-refractivity contribution is -0.166. The molecule has 0 radical (unpaired) electrons. The molecule has 0 N–H and O–H groups in total. The predicted octanol–water partition coefficient (Wildman–Crippen LogP) is 1.48. The quantitative estimate of drug-likeness (QED) is 0.792. The molecule has 6 heteroatoms. The Bertz CT molecular complexity index is 533. The van der Waals surface area contributed by atoms with Crippen LogP contribution in [0.15, 0.2) is 6.20 Å². The van der Waals surface area contributed by atoms with E-state index >= 15 is 0 Å². The molecule has 0 bridgehead atoms. The van der Waals surface area contributed by atoms with Gasteiger partial charge in [0.05, 0.1) is 18.9 Å².